The molecule has 1 fully saturated rings. The Bertz CT molecular complexity index is 683. The van der Waals surface area contributed by atoms with E-state index in [1.165, 1.54) is 12.1 Å². The second-order valence-electron chi connectivity index (χ2n) is 5.47. The Morgan fingerprint density at radius 1 is 1.12 bits per heavy atom. The first-order chi connectivity index (χ1) is 11.7. The summed E-state index contributed by atoms with van der Waals surface area (Å²) in [6.07, 6.45) is 1.56. The first-order valence-electron chi connectivity index (χ1n) is 7.72. The summed E-state index contributed by atoms with van der Waals surface area (Å²) in [4.78, 5) is 20.2. The summed E-state index contributed by atoms with van der Waals surface area (Å²) in [5.41, 5.74) is 1.59. The molecule has 1 aliphatic heterocycles. The molecule has 2 aromatic rings. The molecule has 24 heavy (non-hydrogen) atoms. The number of amides is 2. The molecule has 0 unspecified atom stereocenters. The summed E-state index contributed by atoms with van der Waals surface area (Å²) < 4.78 is 18.0. The van der Waals surface area contributed by atoms with Crippen LogP contribution in [0.5, 0.6) is 5.88 Å². The molecule has 1 aliphatic rings. The van der Waals surface area contributed by atoms with Crippen molar-refractivity contribution in [3.8, 4) is 5.88 Å². The number of nitrogens with one attached hydrogen (secondary N) is 1. The van der Waals surface area contributed by atoms with Crippen LogP contribution in [0.1, 0.15) is 0 Å². The van der Waals surface area contributed by atoms with Gasteiger partial charge in [0.15, 0.2) is 0 Å². The Morgan fingerprint density at radius 3 is 2.42 bits per heavy atom. The molecule has 1 saturated heterocycles. The van der Waals surface area contributed by atoms with Crippen molar-refractivity contribution in [2.45, 2.75) is 0 Å². The van der Waals surface area contributed by atoms with Crippen molar-refractivity contribution < 1.29 is 13.9 Å². The van der Waals surface area contributed by atoms with E-state index < -0.39 is 0 Å². The van der Waals surface area contributed by atoms with Gasteiger partial charge in [-0.2, -0.15) is 0 Å². The van der Waals surface area contributed by atoms with Crippen molar-refractivity contribution in [3.05, 3.63) is 48.4 Å². The summed E-state index contributed by atoms with van der Waals surface area (Å²) in [6, 6.07) is 9.71. The number of hydrogen-bond acceptors (Lipinski definition) is 4. The number of piperazine rings is 1. The standard InChI is InChI=1S/C17H19FN4O2/c1-24-16-7-4-14(12-19-16)20-17(23)22-10-8-21(9-11-22)15-5-2-13(18)3-6-15/h2-7,12H,8-11H2,1H3,(H,20,23). The average Bonchev–Trinajstić information content (AvgIpc) is 2.63. The van der Waals surface area contributed by atoms with Crippen LogP contribution in [-0.4, -0.2) is 49.2 Å². The Hall–Kier alpha value is -2.83. The number of rotatable bonds is 3. The maximum Gasteiger partial charge on any atom is 0.322 e. The zero-order chi connectivity index (χ0) is 16.9. The smallest absolute Gasteiger partial charge is 0.322 e. The maximum absolute atomic E-state index is 13.0. The molecule has 3 rings (SSSR count). The first-order valence-corrected chi connectivity index (χ1v) is 7.72. The lowest BCUT2D eigenvalue weighted by atomic mass is 10.2. The number of carbonyl (C=O) groups excluding carboxylic acids is 1. The van der Waals surface area contributed by atoms with Crippen LogP contribution in [-0.2, 0) is 0 Å². The van der Waals surface area contributed by atoms with Crippen molar-refractivity contribution in [1.82, 2.24) is 9.88 Å². The number of hydrogen-bond donors (Lipinski definition) is 1. The Morgan fingerprint density at radius 2 is 1.83 bits per heavy atom. The lowest BCUT2D eigenvalue weighted by molar-refractivity contribution is 0.208. The van der Waals surface area contributed by atoms with Gasteiger partial charge in [0.2, 0.25) is 5.88 Å². The summed E-state index contributed by atoms with van der Waals surface area (Å²) in [6.45, 7) is 2.62. The second kappa shape index (κ2) is 7.16. The SMILES string of the molecule is COc1ccc(NC(=O)N2CCN(c3ccc(F)cc3)CC2)cn1. The molecule has 7 heteroatoms. The fraction of sp³-hybridized carbons (Fsp3) is 0.294. The average molecular weight is 330 g/mol. The number of ether oxygens (including phenoxy) is 1. The number of halogens is 1. The Balaban J connectivity index is 1.53. The van der Waals surface area contributed by atoms with Gasteiger partial charge in [-0.1, -0.05) is 0 Å². The van der Waals surface area contributed by atoms with Crippen molar-refractivity contribution in [2.75, 3.05) is 43.5 Å². The number of methoxy groups -OCH3 is 1. The van der Waals surface area contributed by atoms with Crippen molar-refractivity contribution >= 4 is 17.4 Å². The minimum Gasteiger partial charge on any atom is -0.481 e. The van der Waals surface area contributed by atoms with Crippen LogP contribution in [0.2, 0.25) is 0 Å². The van der Waals surface area contributed by atoms with Crippen molar-refractivity contribution in [2.24, 2.45) is 0 Å². The predicted molar refractivity (Wildman–Crippen MR) is 90.0 cm³/mol. The van der Waals surface area contributed by atoms with Crippen LogP contribution in [0, 0.1) is 5.82 Å². The van der Waals surface area contributed by atoms with E-state index in [1.54, 1.807) is 42.5 Å². The fourth-order valence-corrected chi connectivity index (χ4v) is 2.60. The van der Waals surface area contributed by atoms with E-state index in [9.17, 15) is 9.18 Å². The number of pyridine rings is 1. The molecular weight excluding hydrogens is 311 g/mol. The van der Waals surface area contributed by atoms with Crippen LogP contribution in [0.3, 0.4) is 0 Å². The molecule has 6 nitrogen and oxygen atoms in total. The maximum atomic E-state index is 13.0. The van der Waals surface area contributed by atoms with Gasteiger partial charge in [-0.05, 0) is 30.3 Å². The highest BCUT2D eigenvalue weighted by molar-refractivity contribution is 5.89. The van der Waals surface area contributed by atoms with Gasteiger partial charge in [0, 0.05) is 37.9 Å². The Labute approximate surface area is 139 Å². The molecule has 1 aromatic carbocycles. The van der Waals surface area contributed by atoms with E-state index in [-0.39, 0.29) is 11.8 Å². The van der Waals surface area contributed by atoms with Gasteiger partial charge in [0.25, 0.3) is 0 Å². The number of aromatic nitrogens is 1. The topological polar surface area (TPSA) is 57.7 Å². The van der Waals surface area contributed by atoms with E-state index in [2.05, 4.69) is 15.2 Å². The van der Waals surface area contributed by atoms with Crippen LogP contribution >= 0.6 is 0 Å². The number of carbonyl (C=O) groups is 1. The number of urea groups is 1. The number of anilines is 2. The molecule has 2 heterocycles. The summed E-state index contributed by atoms with van der Waals surface area (Å²) in [5.74, 6) is 0.255. The number of benzene rings is 1. The molecule has 0 aliphatic carbocycles. The number of nitrogens with zero attached hydrogens (tertiary/aromatic N) is 3. The van der Waals surface area contributed by atoms with E-state index in [0.717, 1.165) is 5.69 Å². The third kappa shape index (κ3) is 3.73. The highest BCUT2D eigenvalue weighted by Crippen LogP contribution is 2.18. The highest BCUT2D eigenvalue weighted by atomic mass is 19.1. The third-order valence-corrected chi connectivity index (χ3v) is 3.96. The first kappa shape index (κ1) is 16.0. The quantitative estimate of drug-likeness (QED) is 0.940. The fourth-order valence-electron chi connectivity index (χ4n) is 2.60. The molecule has 0 bridgehead atoms. The summed E-state index contributed by atoms with van der Waals surface area (Å²) >= 11 is 0. The zero-order valence-corrected chi connectivity index (χ0v) is 13.4. The van der Waals surface area contributed by atoms with Crippen molar-refractivity contribution in [1.29, 1.82) is 0 Å². The van der Waals surface area contributed by atoms with Gasteiger partial charge in [-0.15, -0.1) is 0 Å². The minimum atomic E-state index is -0.245. The van der Waals surface area contributed by atoms with Crippen LogP contribution in [0.4, 0.5) is 20.6 Å². The zero-order valence-electron chi connectivity index (χ0n) is 13.4. The highest BCUT2D eigenvalue weighted by Gasteiger charge is 2.21. The van der Waals surface area contributed by atoms with Gasteiger partial charge < -0.3 is 19.9 Å². The summed E-state index contributed by atoms with van der Waals surface area (Å²) in [7, 11) is 1.54. The van der Waals surface area contributed by atoms with Crippen LogP contribution < -0.4 is 15.0 Å². The van der Waals surface area contributed by atoms with Gasteiger partial charge in [-0.3, -0.25) is 0 Å². The summed E-state index contributed by atoms with van der Waals surface area (Å²) in [5, 5.41) is 2.83. The molecule has 0 radical (unpaired) electrons. The Kier molecular flexibility index (Phi) is 4.79. The third-order valence-electron chi connectivity index (χ3n) is 3.96. The van der Waals surface area contributed by atoms with E-state index in [1.807, 2.05) is 0 Å². The predicted octanol–water partition coefficient (Wildman–Crippen LogP) is 2.58. The van der Waals surface area contributed by atoms with E-state index >= 15 is 0 Å². The van der Waals surface area contributed by atoms with Crippen LogP contribution in [0.15, 0.2) is 42.6 Å². The largest absolute Gasteiger partial charge is 0.481 e. The molecule has 0 saturated carbocycles. The van der Waals surface area contributed by atoms with Gasteiger partial charge in [0.1, 0.15) is 5.82 Å². The van der Waals surface area contributed by atoms with Gasteiger partial charge in [-0.25, -0.2) is 14.2 Å². The monoisotopic (exact) mass is 330 g/mol. The molecule has 1 N–H and O–H groups in total. The molecule has 2 amide bonds. The second-order valence-corrected chi connectivity index (χ2v) is 5.47. The van der Waals surface area contributed by atoms with E-state index in [0.29, 0.717) is 37.7 Å². The van der Waals surface area contributed by atoms with Gasteiger partial charge >= 0.3 is 6.03 Å². The minimum absolute atomic E-state index is 0.152. The van der Waals surface area contributed by atoms with Crippen LogP contribution in [0.25, 0.3) is 0 Å². The molecule has 0 spiro atoms. The normalized spacial score (nSPS) is 14.4. The lowest BCUT2D eigenvalue weighted by Gasteiger charge is -2.36. The van der Waals surface area contributed by atoms with E-state index in [4.69, 9.17) is 4.74 Å². The molecular formula is C17H19FN4O2. The van der Waals surface area contributed by atoms with Crippen molar-refractivity contribution in [3.63, 3.8) is 0 Å². The van der Waals surface area contributed by atoms with Gasteiger partial charge in [0.05, 0.1) is 19.0 Å². The molecule has 1 aromatic heterocycles. The molecule has 126 valence electrons. The molecule has 0 atom stereocenters. The lowest BCUT2D eigenvalue weighted by Crippen LogP contribution is -2.50.